The molecule has 0 saturated carbocycles. The minimum absolute atomic E-state index is 0.0986. The molecule has 4 N–H and O–H groups in total. The van der Waals surface area contributed by atoms with E-state index in [4.69, 9.17) is 17.3 Å². The Morgan fingerprint density at radius 2 is 1.84 bits per heavy atom. The molecule has 9 heteroatoms. The third-order valence-electron chi connectivity index (χ3n) is 9.07. The summed E-state index contributed by atoms with van der Waals surface area (Å²) in [6.45, 7) is 13.7. The molecule has 1 aliphatic carbocycles. The summed E-state index contributed by atoms with van der Waals surface area (Å²) in [7, 11) is 2.18. The van der Waals surface area contributed by atoms with Gasteiger partial charge in [0.05, 0.1) is 18.7 Å². The first-order chi connectivity index (χ1) is 20.8. The van der Waals surface area contributed by atoms with E-state index in [1.54, 1.807) is 0 Å². The molecule has 1 unspecified atom stereocenters. The minimum Gasteiger partial charge on any atom is -0.391 e. The van der Waals surface area contributed by atoms with E-state index in [-0.39, 0.29) is 30.8 Å². The Morgan fingerprint density at radius 3 is 2.48 bits per heavy atom. The van der Waals surface area contributed by atoms with E-state index in [1.807, 2.05) is 32.9 Å². The van der Waals surface area contributed by atoms with Gasteiger partial charge in [0.25, 0.3) is 0 Å². The van der Waals surface area contributed by atoms with Crippen molar-refractivity contribution in [3.63, 3.8) is 0 Å². The van der Waals surface area contributed by atoms with Crippen LogP contribution in [0.2, 0.25) is 5.02 Å². The maximum Gasteiger partial charge on any atom is 0.241 e. The van der Waals surface area contributed by atoms with Gasteiger partial charge in [-0.25, -0.2) is 0 Å². The number of aliphatic hydroxyl groups excluding tert-OH is 1. The van der Waals surface area contributed by atoms with E-state index >= 15 is 0 Å². The molecule has 4 rings (SSSR count). The molecule has 8 nitrogen and oxygen atoms in total. The third-order valence-corrected chi connectivity index (χ3v) is 9.33. The van der Waals surface area contributed by atoms with Crippen LogP contribution in [0.15, 0.2) is 29.8 Å². The number of nitrogens with zero attached hydrogens (tertiary/aromatic N) is 3. The van der Waals surface area contributed by atoms with E-state index in [0.29, 0.717) is 0 Å². The lowest BCUT2D eigenvalue weighted by atomic mass is 9.72. The van der Waals surface area contributed by atoms with Gasteiger partial charge in [0.15, 0.2) is 0 Å². The molecule has 2 saturated heterocycles. The van der Waals surface area contributed by atoms with Crippen molar-refractivity contribution in [2.24, 2.45) is 16.6 Å². The van der Waals surface area contributed by atoms with Gasteiger partial charge in [-0.1, -0.05) is 61.9 Å². The van der Waals surface area contributed by atoms with Gasteiger partial charge in [-0.05, 0) is 73.8 Å². The highest BCUT2D eigenvalue weighted by Crippen LogP contribution is 2.43. The van der Waals surface area contributed by atoms with E-state index in [0.717, 1.165) is 57.0 Å². The van der Waals surface area contributed by atoms with E-state index in [1.165, 1.54) is 21.6 Å². The van der Waals surface area contributed by atoms with Gasteiger partial charge < -0.3 is 20.6 Å². The molecule has 4 atom stereocenters. The Hall–Kier alpha value is -2.85. The van der Waals surface area contributed by atoms with Crippen LogP contribution in [-0.2, 0) is 9.59 Å². The number of rotatable bonds is 7. The molecule has 2 fully saturated rings. The smallest absolute Gasteiger partial charge is 0.241 e. The van der Waals surface area contributed by atoms with Gasteiger partial charge in [0.2, 0.25) is 11.8 Å². The molecule has 0 spiro atoms. The predicted molar refractivity (Wildman–Crippen MR) is 176 cm³/mol. The van der Waals surface area contributed by atoms with Crippen LogP contribution in [0.1, 0.15) is 58.9 Å². The zero-order valence-electron chi connectivity index (χ0n) is 26.9. The molecule has 2 aliphatic heterocycles. The second-order valence-electron chi connectivity index (χ2n) is 13.9. The van der Waals surface area contributed by atoms with Crippen molar-refractivity contribution in [3.8, 4) is 23.7 Å². The van der Waals surface area contributed by atoms with Crippen molar-refractivity contribution in [2.75, 3.05) is 52.9 Å². The molecular weight excluding hydrogens is 574 g/mol. The third kappa shape index (κ3) is 8.87. The zero-order valence-corrected chi connectivity index (χ0v) is 27.6. The summed E-state index contributed by atoms with van der Waals surface area (Å²) in [6, 6.07) is 6.80. The fourth-order valence-corrected chi connectivity index (χ4v) is 6.58. The molecule has 1 aromatic rings. The number of aliphatic hydroxyl groups is 1. The molecular formula is C35H48ClN5O3. The van der Waals surface area contributed by atoms with Gasteiger partial charge in [-0.2, -0.15) is 0 Å². The number of nitrogens with two attached hydrogens (primary N) is 1. The molecule has 3 aliphatic rings. The number of hydrogen-bond donors (Lipinski definition) is 3. The summed E-state index contributed by atoms with van der Waals surface area (Å²) in [6.07, 6.45) is 2.21. The molecule has 0 radical (unpaired) electrons. The average Bonchev–Trinajstić information content (AvgIpc) is 3.36. The predicted octanol–water partition coefficient (Wildman–Crippen LogP) is 2.99. The fraction of sp³-hybridized carbons (Fsp3) is 0.600. The Labute approximate surface area is 268 Å². The summed E-state index contributed by atoms with van der Waals surface area (Å²) in [5.41, 5.74) is 9.00. The van der Waals surface area contributed by atoms with Crippen molar-refractivity contribution in [2.45, 2.75) is 71.6 Å². The van der Waals surface area contributed by atoms with Gasteiger partial charge in [0.1, 0.15) is 6.04 Å². The van der Waals surface area contributed by atoms with Crippen molar-refractivity contribution in [3.05, 3.63) is 40.4 Å². The Kier molecular flexibility index (Phi) is 11.2. The molecule has 2 amide bonds. The number of amides is 2. The Balaban J connectivity index is 1.43. The summed E-state index contributed by atoms with van der Waals surface area (Å²) < 4.78 is 0. The SMILES string of the molecule is CN1CCN(CC2=C(c3ccc(Cl)cc3)CCC(C)(C#CC#CCN[C@H](C(=O)N3C[C@H](O)C[C@H]3C(N)=O)C(C)(C)C)C2)CC1. The van der Waals surface area contributed by atoms with Gasteiger partial charge in [-0.15, -0.1) is 0 Å². The Morgan fingerprint density at radius 1 is 1.16 bits per heavy atom. The molecule has 0 aromatic heterocycles. The van der Waals surface area contributed by atoms with Crippen molar-refractivity contribution in [1.29, 1.82) is 0 Å². The first kappa shape index (κ1) is 34.0. The number of nitrogens with one attached hydrogen (secondary N) is 1. The number of piperazine rings is 1. The van der Waals surface area contributed by atoms with Crippen LogP contribution < -0.4 is 11.1 Å². The van der Waals surface area contributed by atoms with Crippen LogP contribution >= 0.6 is 11.6 Å². The molecule has 1 aromatic carbocycles. The number of hydrogen-bond acceptors (Lipinski definition) is 6. The molecule has 2 heterocycles. The molecule has 0 bridgehead atoms. The average molecular weight is 622 g/mol. The van der Waals surface area contributed by atoms with Crippen LogP contribution in [0.5, 0.6) is 0 Å². The summed E-state index contributed by atoms with van der Waals surface area (Å²) in [5.74, 6) is 11.8. The standard InChI is InChI=1S/C35H48ClN5O3/c1-34(2,3)31(33(44)41-24-28(42)21-30(41)32(37)43)38-16-8-6-7-14-35(4)15-13-29(25-9-11-27(36)12-10-25)26(22-35)23-40-19-17-39(5)18-20-40/h9-12,28,30-31,38,42H,13,15-24H2,1-5H3,(H2,37,43)/t28-,30+,31-,35?/m1/s1. The highest BCUT2D eigenvalue weighted by Gasteiger charge is 2.43. The number of primary amides is 1. The lowest BCUT2D eigenvalue weighted by Crippen LogP contribution is -2.56. The number of carbonyl (C=O) groups excluding carboxylic acids is 2. The topological polar surface area (TPSA) is 102 Å². The van der Waals surface area contributed by atoms with Crippen LogP contribution in [0.4, 0.5) is 0 Å². The number of β-amino-alcohol motifs (C(OH)–C–C–N with tert-alkyl or cyclic N) is 1. The van der Waals surface area contributed by atoms with Crippen molar-refractivity contribution in [1.82, 2.24) is 20.0 Å². The van der Waals surface area contributed by atoms with E-state index < -0.39 is 29.5 Å². The van der Waals surface area contributed by atoms with Gasteiger partial charge >= 0.3 is 0 Å². The number of halogens is 1. The molecule has 44 heavy (non-hydrogen) atoms. The normalized spacial score (nSPS) is 25.6. The number of benzene rings is 1. The minimum atomic E-state index is -0.798. The highest BCUT2D eigenvalue weighted by molar-refractivity contribution is 6.30. The van der Waals surface area contributed by atoms with Crippen LogP contribution in [0.25, 0.3) is 5.57 Å². The maximum absolute atomic E-state index is 13.4. The number of likely N-dealkylation sites (N-methyl/N-ethyl adjacent to an activating group) is 1. The Bertz CT molecular complexity index is 1350. The monoisotopic (exact) mass is 621 g/mol. The summed E-state index contributed by atoms with van der Waals surface area (Å²) in [4.78, 5) is 31.6. The quantitative estimate of drug-likeness (QED) is 0.405. The number of carbonyl (C=O) groups is 2. The van der Waals surface area contributed by atoms with Crippen LogP contribution in [0.3, 0.4) is 0 Å². The van der Waals surface area contributed by atoms with Crippen molar-refractivity contribution < 1.29 is 14.7 Å². The van der Waals surface area contributed by atoms with E-state index in [2.05, 4.69) is 64.9 Å². The van der Waals surface area contributed by atoms with Gasteiger partial charge in [0, 0.05) is 56.1 Å². The lowest BCUT2D eigenvalue weighted by molar-refractivity contribution is -0.141. The first-order valence-corrected chi connectivity index (χ1v) is 16.0. The molecule has 238 valence electrons. The fourth-order valence-electron chi connectivity index (χ4n) is 6.46. The number of likely N-dealkylation sites (tertiary alicyclic amines) is 1. The first-order valence-electron chi connectivity index (χ1n) is 15.6. The lowest BCUT2D eigenvalue weighted by Gasteiger charge is -2.37. The second kappa shape index (κ2) is 14.5. The largest absolute Gasteiger partial charge is 0.391 e. The second-order valence-corrected chi connectivity index (χ2v) is 14.4. The zero-order chi connectivity index (χ0) is 32.1. The summed E-state index contributed by atoms with van der Waals surface area (Å²) in [5, 5.41) is 14.1. The van der Waals surface area contributed by atoms with Crippen molar-refractivity contribution >= 4 is 29.0 Å². The van der Waals surface area contributed by atoms with Gasteiger partial charge in [-0.3, -0.25) is 19.8 Å². The van der Waals surface area contributed by atoms with Crippen LogP contribution in [0, 0.1) is 34.5 Å². The van der Waals surface area contributed by atoms with E-state index in [9.17, 15) is 14.7 Å². The maximum atomic E-state index is 13.4. The number of allylic oxidation sites excluding steroid dienone is 1. The summed E-state index contributed by atoms with van der Waals surface area (Å²) >= 11 is 6.19. The van der Waals surface area contributed by atoms with Crippen LogP contribution in [-0.4, -0.2) is 103 Å². The highest BCUT2D eigenvalue weighted by atomic mass is 35.5.